The quantitative estimate of drug-likeness (QED) is 0.439. The number of hydrogen-bond acceptors (Lipinski definition) is 3. The minimum Gasteiger partial charge on any atom is -0.483 e. The monoisotopic (exact) mass is 508 g/mol. The van der Waals surface area contributed by atoms with Crippen molar-refractivity contribution in [1.82, 2.24) is 10.2 Å². The first kappa shape index (κ1) is 23.3. The van der Waals surface area contributed by atoms with Crippen molar-refractivity contribution < 1.29 is 14.3 Å². The summed E-state index contributed by atoms with van der Waals surface area (Å²) in [6.07, 6.45) is 4.29. The van der Waals surface area contributed by atoms with Crippen LogP contribution in [0.4, 0.5) is 0 Å². The Morgan fingerprint density at radius 2 is 1.73 bits per heavy atom. The molecule has 1 aliphatic carbocycles. The van der Waals surface area contributed by atoms with Gasteiger partial charge in [-0.05, 0) is 58.1 Å². The molecule has 33 heavy (non-hydrogen) atoms. The van der Waals surface area contributed by atoms with Gasteiger partial charge in [-0.2, -0.15) is 0 Å². The summed E-state index contributed by atoms with van der Waals surface area (Å²) >= 11 is 3.61. The Morgan fingerprint density at radius 3 is 2.48 bits per heavy atom. The van der Waals surface area contributed by atoms with Gasteiger partial charge in [0.25, 0.3) is 5.91 Å². The molecule has 1 N–H and O–H groups in total. The number of halogens is 1. The first-order valence-corrected chi connectivity index (χ1v) is 12.3. The van der Waals surface area contributed by atoms with Crippen LogP contribution < -0.4 is 10.1 Å². The Bertz CT molecular complexity index is 1110. The molecule has 3 aromatic carbocycles. The molecule has 1 saturated carbocycles. The lowest BCUT2D eigenvalue weighted by molar-refractivity contribution is -0.142. The van der Waals surface area contributed by atoms with Crippen molar-refractivity contribution in [3.63, 3.8) is 0 Å². The predicted octanol–water partition coefficient (Wildman–Crippen LogP) is 5.46. The van der Waals surface area contributed by atoms with Gasteiger partial charge in [-0.3, -0.25) is 9.59 Å². The lowest BCUT2D eigenvalue weighted by atomic mass is 10.1. The predicted molar refractivity (Wildman–Crippen MR) is 134 cm³/mol. The van der Waals surface area contributed by atoms with Gasteiger partial charge in [-0.15, -0.1) is 0 Å². The fourth-order valence-corrected chi connectivity index (χ4v) is 4.91. The standard InChI is InChI=1S/C27H29BrN2O3/c1-19(27(32)29-22-12-6-7-13-22)30(17-20-9-3-2-4-10-20)25(31)18-33-24-16-15-21-11-5-8-14-23(21)26(24)28/h2-5,8-11,14-16,19,22H,6-7,12-13,17-18H2,1H3,(H,29,32)/t19-/m0/s1. The average Bonchev–Trinajstić information content (AvgIpc) is 3.35. The van der Waals surface area contributed by atoms with E-state index in [-0.39, 0.29) is 24.5 Å². The topological polar surface area (TPSA) is 58.6 Å². The second kappa shape index (κ2) is 10.8. The average molecular weight is 509 g/mol. The first-order valence-electron chi connectivity index (χ1n) is 11.5. The van der Waals surface area contributed by atoms with E-state index >= 15 is 0 Å². The maximum Gasteiger partial charge on any atom is 0.261 e. The lowest BCUT2D eigenvalue weighted by Gasteiger charge is -2.29. The third-order valence-corrected chi connectivity index (χ3v) is 7.06. The molecule has 0 bridgehead atoms. The number of hydrogen-bond donors (Lipinski definition) is 1. The van der Waals surface area contributed by atoms with Gasteiger partial charge in [0.1, 0.15) is 11.8 Å². The summed E-state index contributed by atoms with van der Waals surface area (Å²) in [5, 5.41) is 5.23. The summed E-state index contributed by atoms with van der Waals surface area (Å²) in [7, 11) is 0. The van der Waals surface area contributed by atoms with E-state index in [2.05, 4.69) is 21.2 Å². The number of fused-ring (bicyclic) bond motifs is 1. The number of amides is 2. The molecule has 0 heterocycles. The number of rotatable bonds is 8. The van der Waals surface area contributed by atoms with Crippen LogP contribution in [0.1, 0.15) is 38.2 Å². The van der Waals surface area contributed by atoms with Gasteiger partial charge in [0, 0.05) is 12.6 Å². The van der Waals surface area contributed by atoms with E-state index in [1.54, 1.807) is 11.8 Å². The Hall–Kier alpha value is -2.86. The van der Waals surface area contributed by atoms with Crippen LogP contribution in [0, 0.1) is 0 Å². The minimum absolute atomic E-state index is 0.113. The Balaban J connectivity index is 1.48. The van der Waals surface area contributed by atoms with Crippen LogP contribution in [-0.4, -0.2) is 35.4 Å². The van der Waals surface area contributed by atoms with Crippen LogP contribution in [0.2, 0.25) is 0 Å². The van der Waals surface area contributed by atoms with Gasteiger partial charge in [0.2, 0.25) is 5.91 Å². The van der Waals surface area contributed by atoms with Gasteiger partial charge < -0.3 is 15.0 Å². The van der Waals surface area contributed by atoms with Gasteiger partial charge in [0.05, 0.1) is 4.47 Å². The smallest absolute Gasteiger partial charge is 0.261 e. The van der Waals surface area contributed by atoms with E-state index in [0.29, 0.717) is 12.3 Å². The molecule has 6 heteroatoms. The first-order chi connectivity index (χ1) is 16.0. The fourth-order valence-electron chi connectivity index (χ4n) is 4.30. The molecular weight excluding hydrogens is 480 g/mol. The number of benzene rings is 3. The number of carbonyl (C=O) groups excluding carboxylic acids is 2. The Labute approximate surface area is 203 Å². The molecule has 0 aliphatic heterocycles. The van der Waals surface area contributed by atoms with Crippen molar-refractivity contribution in [2.75, 3.05) is 6.61 Å². The second-order valence-corrected chi connectivity index (χ2v) is 9.35. The van der Waals surface area contributed by atoms with E-state index < -0.39 is 6.04 Å². The maximum absolute atomic E-state index is 13.3. The largest absolute Gasteiger partial charge is 0.483 e. The van der Waals surface area contributed by atoms with Crippen molar-refractivity contribution in [2.45, 2.75) is 51.2 Å². The molecule has 0 spiro atoms. The van der Waals surface area contributed by atoms with Crippen LogP contribution >= 0.6 is 15.9 Å². The number of carbonyl (C=O) groups is 2. The molecule has 172 valence electrons. The minimum atomic E-state index is -0.595. The van der Waals surface area contributed by atoms with Crippen molar-refractivity contribution >= 4 is 38.5 Å². The molecule has 0 unspecified atom stereocenters. The normalized spacial score (nSPS) is 14.7. The zero-order valence-electron chi connectivity index (χ0n) is 18.8. The summed E-state index contributed by atoms with van der Waals surface area (Å²) in [6.45, 7) is 1.99. The lowest BCUT2D eigenvalue weighted by Crippen LogP contribution is -2.50. The molecule has 5 nitrogen and oxygen atoms in total. The number of ether oxygens (including phenoxy) is 1. The van der Waals surface area contributed by atoms with Crippen LogP contribution in [0.25, 0.3) is 10.8 Å². The van der Waals surface area contributed by atoms with Gasteiger partial charge in [0.15, 0.2) is 6.61 Å². The fraction of sp³-hybridized carbons (Fsp3) is 0.333. The summed E-state index contributed by atoms with van der Waals surface area (Å²) < 4.78 is 6.73. The van der Waals surface area contributed by atoms with Crippen molar-refractivity contribution in [1.29, 1.82) is 0 Å². The van der Waals surface area contributed by atoms with Crippen molar-refractivity contribution in [3.05, 3.63) is 76.8 Å². The molecule has 4 rings (SSSR count). The molecule has 1 atom stereocenters. The second-order valence-electron chi connectivity index (χ2n) is 8.56. The summed E-state index contributed by atoms with van der Waals surface area (Å²) in [5.41, 5.74) is 0.971. The number of nitrogens with one attached hydrogen (secondary N) is 1. The molecule has 1 aliphatic rings. The van der Waals surface area contributed by atoms with Gasteiger partial charge >= 0.3 is 0 Å². The van der Waals surface area contributed by atoms with E-state index in [0.717, 1.165) is 46.5 Å². The van der Waals surface area contributed by atoms with Crippen LogP contribution in [-0.2, 0) is 16.1 Å². The Morgan fingerprint density at radius 1 is 1.03 bits per heavy atom. The molecule has 0 radical (unpaired) electrons. The third-order valence-electron chi connectivity index (χ3n) is 6.24. The molecule has 2 amide bonds. The third kappa shape index (κ3) is 5.74. The molecule has 0 saturated heterocycles. The summed E-state index contributed by atoms with van der Waals surface area (Å²) in [4.78, 5) is 27.8. The summed E-state index contributed by atoms with van der Waals surface area (Å²) in [6, 6.07) is 21.2. The SMILES string of the molecule is C[C@@H](C(=O)NC1CCCC1)N(Cc1ccccc1)C(=O)COc1ccc2ccccc2c1Br. The zero-order valence-corrected chi connectivity index (χ0v) is 20.4. The van der Waals surface area contributed by atoms with Crippen molar-refractivity contribution in [3.8, 4) is 5.75 Å². The zero-order chi connectivity index (χ0) is 23.2. The maximum atomic E-state index is 13.3. The van der Waals surface area contributed by atoms with Crippen LogP contribution in [0.3, 0.4) is 0 Å². The van der Waals surface area contributed by atoms with E-state index in [9.17, 15) is 9.59 Å². The highest BCUT2D eigenvalue weighted by Crippen LogP contribution is 2.33. The molecule has 1 fully saturated rings. The van der Waals surface area contributed by atoms with Crippen molar-refractivity contribution in [2.24, 2.45) is 0 Å². The van der Waals surface area contributed by atoms with Gasteiger partial charge in [-0.1, -0.05) is 73.5 Å². The van der Waals surface area contributed by atoms with E-state index in [4.69, 9.17) is 4.74 Å². The molecular formula is C27H29BrN2O3. The van der Waals surface area contributed by atoms with Crippen LogP contribution in [0.15, 0.2) is 71.2 Å². The van der Waals surface area contributed by atoms with E-state index in [1.165, 1.54) is 0 Å². The van der Waals surface area contributed by atoms with Gasteiger partial charge in [-0.25, -0.2) is 0 Å². The highest BCUT2D eigenvalue weighted by Gasteiger charge is 2.28. The highest BCUT2D eigenvalue weighted by molar-refractivity contribution is 9.10. The number of nitrogens with zero attached hydrogens (tertiary/aromatic N) is 1. The molecule has 0 aromatic heterocycles. The Kier molecular flexibility index (Phi) is 7.65. The molecule has 3 aromatic rings. The highest BCUT2D eigenvalue weighted by atomic mass is 79.9. The van der Waals surface area contributed by atoms with E-state index in [1.807, 2.05) is 66.7 Å². The summed E-state index contributed by atoms with van der Waals surface area (Å²) in [5.74, 6) is 0.260. The van der Waals surface area contributed by atoms with Crippen LogP contribution in [0.5, 0.6) is 5.75 Å².